The number of hydrogen-bond donors (Lipinski definition) is 2. The Morgan fingerprint density at radius 2 is 1.62 bits per heavy atom. The van der Waals surface area contributed by atoms with Crippen LogP contribution in [-0.2, 0) is 16.0 Å². The molecule has 1 aromatic heterocycles. The normalized spacial score (nSPS) is 10.3. The molecule has 0 bridgehead atoms. The van der Waals surface area contributed by atoms with Gasteiger partial charge in [-0.3, -0.25) is 9.59 Å². The summed E-state index contributed by atoms with van der Waals surface area (Å²) < 4.78 is 0. The highest BCUT2D eigenvalue weighted by Crippen LogP contribution is 2.31. The smallest absolute Gasteiger partial charge is 0.226 e. The third-order valence-corrected chi connectivity index (χ3v) is 4.77. The predicted molar refractivity (Wildman–Crippen MR) is 106 cm³/mol. The van der Waals surface area contributed by atoms with Crippen LogP contribution in [0.15, 0.2) is 72.1 Å². The summed E-state index contributed by atoms with van der Waals surface area (Å²) in [6.45, 7) is 0.318. The summed E-state index contributed by atoms with van der Waals surface area (Å²) >= 11 is 1.63. The highest BCUT2D eigenvalue weighted by atomic mass is 32.1. The second kappa shape index (κ2) is 8.97. The SMILES string of the molecule is O=C(Cc1ccccc1)NCCC(=O)Nc1ccccc1-c1cccs1. The first-order valence-corrected chi connectivity index (χ1v) is 9.34. The second-order valence-electron chi connectivity index (χ2n) is 5.83. The maximum Gasteiger partial charge on any atom is 0.226 e. The fourth-order valence-electron chi connectivity index (χ4n) is 2.61. The van der Waals surface area contributed by atoms with Crippen LogP contribution in [0.25, 0.3) is 10.4 Å². The number of anilines is 1. The molecule has 0 saturated carbocycles. The van der Waals surface area contributed by atoms with E-state index in [2.05, 4.69) is 10.6 Å². The molecule has 0 radical (unpaired) electrons. The van der Waals surface area contributed by atoms with Gasteiger partial charge in [-0.1, -0.05) is 54.6 Å². The van der Waals surface area contributed by atoms with Gasteiger partial charge >= 0.3 is 0 Å². The molecule has 2 amide bonds. The van der Waals surface area contributed by atoms with E-state index < -0.39 is 0 Å². The molecule has 3 aromatic rings. The van der Waals surface area contributed by atoms with Gasteiger partial charge in [-0.15, -0.1) is 11.3 Å². The molecular weight excluding hydrogens is 344 g/mol. The van der Waals surface area contributed by atoms with E-state index in [1.807, 2.05) is 72.1 Å². The average molecular weight is 364 g/mol. The quantitative estimate of drug-likeness (QED) is 0.663. The molecule has 132 valence electrons. The summed E-state index contributed by atoms with van der Waals surface area (Å²) in [7, 11) is 0. The van der Waals surface area contributed by atoms with E-state index in [1.54, 1.807) is 11.3 Å². The highest BCUT2D eigenvalue weighted by molar-refractivity contribution is 7.13. The summed E-state index contributed by atoms with van der Waals surface area (Å²) in [6, 6.07) is 21.3. The van der Waals surface area contributed by atoms with Crippen LogP contribution in [0.5, 0.6) is 0 Å². The van der Waals surface area contributed by atoms with Crippen molar-refractivity contribution >= 4 is 28.8 Å². The molecule has 0 aliphatic rings. The van der Waals surface area contributed by atoms with Gasteiger partial charge in [0.2, 0.25) is 11.8 Å². The molecule has 2 aromatic carbocycles. The number of benzene rings is 2. The van der Waals surface area contributed by atoms with Gasteiger partial charge in [0, 0.05) is 29.1 Å². The number of rotatable bonds is 7. The topological polar surface area (TPSA) is 58.2 Å². The Morgan fingerprint density at radius 3 is 2.38 bits per heavy atom. The van der Waals surface area contributed by atoms with Crippen LogP contribution in [0.1, 0.15) is 12.0 Å². The predicted octanol–water partition coefficient (Wildman–Crippen LogP) is 4.10. The molecule has 0 fully saturated rings. The van der Waals surface area contributed by atoms with E-state index in [0.29, 0.717) is 13.0 Å². The first kappa shape index (κ1) is 17.9. The van der Waals surface area contributed by atoms with Crippen LogP contribution in [-0.4, -0.2) is 18.4 Å². The lowest BCUT2D eigenvalue weighted by Gasteiger charge is -2.10. The monoisotopic (exact) mass is 364 g/mol. The van der Waals surface area contributed by atoms with Gasteiger partial charge in [0.1, 0.15) is 0 Å². The number of carbonyl (C=O) groups is 2. The minimum absolute atomic E-state index is 0.0806. The summed E-state index contributed by atoms with van der Waals surface area (Å²) in [4.78, 5) is 25.2. The third kappa shape index (κ3) is 5.04. The van der Waals surface area contributed by atoms with Crippen molar-refractivity contribution in [3.8, 4) is 10.4 Å². The first-order chi connectivity index (χ1) is 12.7. The maximum absolute atomic E-state index is 12.2. The van der Waals surface area contributed by atoms with Crippen molar-refractivity contribution in [2.45, 2.75) is 12.8 Å². The van der Waals surface area contributed by atoms with E-state index in [-0.39, 0.29) is 18.2 Å². The molecule has 26 heavy (non-hydrogen) atoms. The van der Waals surface area contributed by atoms with E-state index in [4.69, 9.17) is 0 Å². The molecule has 0 unspecified atom stereocenters. The Kier molecular flexibility index (Phi) is 6.17. The lowest BCUT2D eigenvalue weighted by atomic mass is 10.1. The maximum atomic E-state index is 12.2. The fraction of sp³-hybridized carbons (Fsp3) is 0.143. The van der Waals surface area contributed by atoms with Crippen molar-refractivity contribution in [2.75, 3.05) is 11.9 Å². The number of thiophene rings is 1. The number of amides is 2. The molecule has 4 nitrogen and oxygen atoms in total. The van der Waals surface area contributed by atoms with Gasteiger partial charge in [-0.25, -0.2) is 0 Å². The lowest BCUT2D eigenvalue weighted by Crippen LogP contribution is -2.28. The van der Waals surface area contributed by atoms with Gasteiger partial charge in [0.05, 0.1) is 6.42 Å². The Hall–Kier alpha value is -2.92. The van der Waals surface area contributed by atoms with Gasteiger partial charge in [0.25, 0.3) is 0 Å². The van der Waals surface area contributed by atoms with Gasteiger partial charge < -0.3 is 10.6 Å². The largest absolute Gasteiger partial charge is 0.355 e. The highest BCUT2D eigenvalue weighted by Gasteiger charge is 2.09. The standard InChI is InChI=1S/C21H20N2O2S/c24-20(12-13-22-21(25)15-16-7-2-1-3-8-16)23-18-10-5-4-9-17(18)19-11-6-14-26-19/h1-11,14H,12-13,15H2,(H,22,25)(H,23,24). The van der Waals surface area contributed by atoms with Crippen LogP contribution in [0.3, 0.4) is 0 Å². The lowest BCUT2D eigenvalue weighted by molar-refractivity contribution is -0.120. The number of nitrogens with one attached hydrogen (secondary N) is 2. The van der Waals surface area contributed by atoms with Crippen LogP contribution < -0.4 is 10.6 Å². The Labute approximate surface area is 156 Å². The molecule has 0 aliphatic heterocycles. The Morgan fingerprint density at radius 1 is 0.846 bits per heavy atom. The molecule has 5 heteroatoms. The summed E-state index contributed by atoms with van der Waals surface area (Å²) in [6.07, 6.45) is 0.559. The zero-order chi connectivity index (χ0) is 18.2. The fourth-order valence-corrected chi connectivity index (χ4v) is 3.38. The van der Waals surface area contributed by atoms with Crippen LogP contribution >= 0.6 is 11.3 Å². The van der Waals surface area contributed by atoms with E-state index in [0.717, 1.165) is 21.7 Å². The van der Waals surface area contributed by atoms with E-state index >= 15 is 0 Å². The molecule has 1 heterocycles. The first-order valence-electron chi connectivity index (χ1n) is 8.46. The Balaban J connectivity index is 1.49. The summed E-state index contributed by atoms with van der Waals surface area (Å²) in [5, 5.41) is 7.74. The number of hydrogen-bond acceptors (Lipinski definition) is 3. The third-order valence-electron chi connectivity index (χ3n) is 3.87. The second-order valence-corrected chi connectivity index (χ2v) is 6.78. The zero-order valence-electron chi connectivity index (χ0n) is 14.3. The summed E-state index contributed by atoms with van der Waals surface area (Å²) in [5.41, 5.74) is 2.75. The number of carbonyl (C=O) groups excluding carboxylic acids is 2. The molecular formula is C21H20N2O2S. The van der Waals surface area contributed by atoms with Crippen molar-refractivity contribution in [3.05, 3.63) is 77.7 Å². The molecule has 0 aliphatic carbocycles. The van der Waals surface area contributed by atoms with Gasteiger partial charge in [0.15, 0.2) is 0 Å². The zero-order valence-corrected chi connectivity index (χ0v) is 15.1. The van der Waals surface area contributed by atoms with Gasteiger partial charge in [-0.05, 0) is 23.1 Å². The van der Waals surface area contributed by atoms with E-state index in [1.165, 1.54) is 0 Å². The van der Waals surface area contributed by atoms with Crippen LogP contribution in [0, 0.1) is 0 Å². The molecule has 3 rings (SSSR count). The molecule has 0 spiro atoms. The number of para-hydroxylation sites is 1. The average Bonchev–Trinajstić information content (AvgIpc) is 3.17. The van der Waals surface area contributed by atoms with Crippen molar-refractivity contribution in [2.24, 2.45) is 0 Å². The van der Waals surface area contributed by atoms with Crippen molar-refractivity contribution in [3.63, 3.8) is 0 Å². The minimum atomic E-state index is -0.117. The Bertz CT molecular complexity index is 861. The van der Waals surface area contributed by atoms with Crippen molar-refractivity contribution < 1.29 is 9.59 Å². The molecule has 2 N–H and O–H groups in total. The van der Waals surface area contributed by atoms with Crippen molar-refractivity contribution in [1.29, 1.82) is 0 Å². The molecule has 0 atom stereocenters. The van der Waals surface area contributed by atoms with Gasteiger partial charge in [-0.2, -0.15) is 0 Å². The van der Waals surface area contributed by atoms with Crippen molar-refractivity contribution in [1.82, 2.24) is 5.32 Å². The van der Waals surface area contributed by atoms with Crippen LogP contribution in [0.4, 0.5) is 5.69 Å². The van der Waals surface area contributed by atoms with E-state index in [9.17, 15) is 9.59 Å². The van der Waals surface area contributed by atoms with Crippen LogP contribution in [0.2, 0.25) is 0 Å². The summed E-state index contributed by atoms with van der Waals surface area (Å²) in [5.74, 6) is -0.197. The minimum Gasteiger partial charge on any atom is -0.355 e. The molecule has 0 saturated heterocycles.